The van der Waals surface area contributed by atoms with Crippen LogP contribution in [0.2, 0.25) is 0 Å². The van der Waals surface area contributed by atoms with Crippen molar-refractivity contribution in [2.24, 2.45) is 0 Å². The highest BCUT2D eigenvalue weighted by Crippen LogP contribution is 2.29. The molecule has 27 heavy (non-hydrogen) atoms. The van der Waals surface area contributed by atoms with Crippen molar-refractivity contribution in [3.63, 3.8) is 0 Å². The van der Waals surface area contributed by atoms with Crippen LogP contribution in [0.3, 0.4) is 0 Å². The van der Waals surface area contributed by atoms with Gasteiger partial charge >= 0.3 is 6.09 Å². The molecule has 1 aromatic carbocycles. The number of nitrogens with zero attached hydrogens (tertiary/aromatic N) is 3. The quantitative estimate of drug-likeness (QED) is 0.509. The maximum absolute atomic E-state index is 12.2. The van der Waals surface area contributed by atoms with E-state index in [0.29, 0.717) is 36.5 Å². The van der Waals surface area contributed by atoms with Gasteiger partial charge in [-0.05, 0) is 49.7 Å². The number of amides is 1. The van der Waals surface area contributed by atoms with Gasteiger partial charge in [-0.15, -0.1) is 0 Å². The Hall–Kier alpha value is -1.87. The molecule has 0 radical (unpaired) electrons. The van der Waals surface area contributed by atoms with E-state index in [9.17, 15) is 14.9 Å². The molecule has 8 nitrogen and oxygen atoms in total. The normalized spacial score (nSPS) is 18.3. The van der Waals surface area contributed by atoms with Gasteiger partial charge in [0, 0.05) is 44.4 Å². The number of nitro benzene ring substituents is 1. The van der Waals surface area contributed by atoms with Gasteiger partial charge in [-0.25, -0.2) is 4.79 Å². The van der Waals surface area contributed by atoms with Crippen molar-refractivity contribution in [2.45, 2.75) is 39.3 Å². The Morgan fingerprint density at radius 2 is 2.07 bits per heavy atom. The Labute approximate surface area is 167 Å². The van der Waals surface area contributed by atoms with Crippen molar-refractivity contribution in [3.05, 3.63) is 32.8 Å². The number of piperazine rings is 1. The zero-order valence-corrected chi connectivity index (χ0v) is 17.7. The van der Waals surface area contributed by atoms with Crippen molar-refractivity contribution in [3.8, 4) is 5.75 Å². The molecule has 1 amide bonds. The summed E-state index contributed by atoms with van der Waals surface area (Å²) in [5.41, 5.74) is -0.482. The molecule has 0 aliphatic carbocycles. The summed E-state index contributed by atoms with van der Waals surface area (Å²) in [5.74, 6) is 0.570. The summed E-state index contributed by atoms with van der Waals surface area (Å²) >= 11 is 3.30. The average Bonchev–Trinajstić information content (AvgIpc) is 2.55. The molecule has 2 rings (SSSR count). The zero-order chi connectivity index (χ0) is 20.2. The van der Waals surface area contributed by atoms with Crippen molar-refractivity contribution in [2.75, 3.05) is 32.8 Å². The van der Waals surface area contributed by atoms with Gasteiger partial charge in [0.1, 0.15) is 18.0 Å². The molecule has 0 N–H and O–H groups in total. The van der Waals surface area contributed by atoms with Crippen molar-refractivity contribution < 1.29 is 19.2 Å². The van der Waals surface area contributed by atoms with Gasteiger partial charge < -0.3 is 14.4 Å². The molecular weight excluding hydrogens is 418 g/mol. The number of carbonyl (C=O) groups is 1. The Bertz CT molecular complexity index is 692. The SMILES string of the molecule is CC1CN(C(=O)OC(C)(C)C)CCN1CCOc1ccc([N+](=O)[O-])cc1Br. The highest BCUT2D eigenvalue weighted by Gasteiger charge is 2.29. The predicted octanol–water partition coefficient (Wildman–Crippen LogP) is 3.68. The van der Waals surface area contributed by atoms with Crippen LogP contribution in [0.5, 0.6) is 5.75 Å². The van der Waals surface area contributed by atoms with Crippen LogP contribution in [0.4, 0.5) is 10.5 Å². The molecule has 1 aliphatic heterocycles. The van der Waals surface area contributed by atoms with Crippen LogP contribution in [0, 0.1) is 10.1 Å². The van der Waals surface area contributed by atoms with Crippen LogP contribution in [0.15, 0.2) is 22.7 Å². The minimum absolute atomic E-state index is 0.0149. The Kier molecular flexibility index (Phi) is 7.05. The Balaban J connectivity index is 1.81. The monoisotopic (exact) mass is 443 g/mol. The molecule has 1 fully saturated rings. The molecule has 1 unspecified atom stereocenters. The lowest BCUT2D eigenvalue weighted by Gasteiger charge is -2.40. The fourth-order valence-electron chi connectivity index (χ4n) is 2.81. The van der Waals surface area contributed by atoms with Gasteiger partial charge in [0.2, 0.25) is 0 Å². The number of rotatable bonds is 5. The number of hydrogen-bond donors (Lipinski definition) is 0. The van der Waals surface area contributed by atoms with Gasteiger partial charge in [0.25, 0.3) is 5.69 Å². The maximum atomic E-state index is 12.2. The first-order valence-electron chi connectivity index (χ1n) is 8.85. The van der Waals surface area contributed by atoms with Crippen molar-refractivity contribution in [1.82, 2.24) is 9.80 Å². The van der Waals surface area contributed by atoms with Gasteiger partial charge in [0.15, 0.2) is 0 Å². The highest BCUT2D eigenvalue weighted by atomic mass is 79.9. The standard InChI is InChI=1S/C18H26BrN3O5/c1-13-12-21(17(23)27-18(2,3)4)8-7-20(13)9-10-26-16-6-5-14(22(24)25)11-15(16)19/h5-6,11,13H,7-10,12H2,1-4H3. The van der Waals surface area contributed by atoms with E-state index in [1.807, 2.05) is 20.8 Å². The molecule has 1 heterocycles. The van der Waals surface area contributed by atoms with E-state index in [4.69, 9.17) is 9.47 Å². The van der Waals surface area contributed by atoms with Crippen molar-refractivity contribution in [1.29, 1.82) is 0 Å². The predicted molar refractivity (Wildman–Crippen MR) is 105 cm³/mol. The van der Waals surface area contributed by atoms with Crippen LogP contribution in [-0.4, -0.2) is 65.2 Å². The van der Waals surface area contributed by atoms with E-state index in [1.54, 1.807) is 11.0 Å². The third-order valence-corrected chi connectivity index (χ3v) is 4.80. The number of ether oxygens (including phenoxy) is 2. The minimum Gasteiger partial charge on any atom is -0.491 e. The number of carbonyl (C=O) groups excluding carboxylic acids is 1. The van der Waals surface area contributed by atoms with E-state index in [0.717, 1.165) is 6.54 Å². The molecule has 0 aromatic heterocycles. The lowest BCUT2D eigenvalue weighted by Crippen LogP contribution is -2.55. The third kappa shape index (κ3) is 6.35. The highest BCUT2D eigenvalue weighted by molar-refractivity contribution is 9.10. The van der Waals surface area contributed by atoms with E-state index in [2.05, 4.69) is 27.8 Å². The van der Waals surface area contributed by atoms with E-state index in [-0.39, 0.29) is 17.8 Å². The summed E-state index contributed by atoms with van der Waals surface area (Å²) < 4.78 is 11.7. The van der Waals surface area contributed by atoms with Gasteiger partial charge in [-0.3, -0.25) is 15.0 Å². The smallest absolute Gasteiger partial charge is 0.410 e. The molecule has 1 atom stereocenters. The second kappa shape index (κ2) is 8.88. The van der Waals surface area contributed by atoms with Gasteiger partial charge in [-0.2, -0.15) is 0 Å². The molecule has 0 spiro atoms. The van der Waals surface area contributed by atoms with E-state index in [1.165, 1.54) is 12.1 Å². The summed E-state index contributed by atoms with van der Waals surface area (Å²) in [6.07, 6.45) is -0.278. The number of halogens is 1. The van der Waals surface area contributed by atoms with Crippen LogP contribution in [-0.2, 0) is 4.74 Å². The maximum Gasteiger partial charge on any atom is 0.410 e. The van der Waals surface area contributed by atoms with Gasteiger partial charge in [0.05, 0.1) is 9.40 Å². The van der Waals surface area contributed by atoms with E-state index < -0.39 is 10.5 Å². The molecule has 0 bridgehead atoms. The Morgan fingerprint density at radius 1 is 1.37 bits per heavy atom. The topological polar surface area (TPSA) is 85.2 Å². The van der Waals surface area contributed by atoms with Crippen LogP contribution in [0.1, 0.15) is 27.7 Å². The number of hydrogen-bond acceptors (Lipinski definition) is 6. The second-order valence-electron chi connectivity index (χ2n) is 7.53. The molecule has 9 heteroatoms. The first-order chi connectivity index (χ1) is 12.6. The van der Waals surface area contributed by atoms with Crippen LogP contribution in [0.25, 0.3) is 0 Å². The Morgan fingerprint density at radius 3 is 2.63 bits per heavy atom. The lowest BCUT2D eigenvalue weighted by molar-refractivity contribution is -0.385. The molecule has 150 valence electrons. The third-order valence-electron chi connectivity index (χ3n) is 4.18. The first kappa shape index (κ1) is 21.4. The summed E-state index contributed by atoms with van der Waals surface area (Å²) in [6.45, 7) is 10.8. The number of benzene rings is 1. The fraction of sp³-hybridized carbons (Fsp3) is 0.611. The first-order valence-corrected chi connectivity index (χ1v) is 9.65. The van der Waals surface area contributed by atoms with Crippen LogP contribution < -0.4 is 4.74 Å². The summed E-state index contributed by atoms with van der Waals surface area (Å²) in [6, 6.07) is 4.63. The largest absolute Gasteiger partial charge is 0.491 e. The molecule has 1 saturated heterocycles. The van der Waals surface area contributed by atoms with E-state index >= 15 is 0 Å². The van der Waals surface area contributed by atoms with Crippen LogP contribution >= 0.6 is 15.9 Å². The molecule has 1 aromatic rings. The summed E-state index contributed by atoms with van der Waals surface area (Å²) in [7, 11) is 0. The minimum atomic E-state index is -0.497. The average molecular weight is 444 g/mol. The summed E-state index contributed by atoms with van der Waals surface area (Å²) in [5, 5.41) is 10.8. The van der Waals surface area contributed by atoms with Gasteiger partial charge in [-0.1, -0.05) is 0 Å². The zero-order valence-electron chi connectivity index (χ0n) is 16.1. The molecular formula is C18H26BrN3O5. The van der Waals surface area contributed by atoms with Crippen molar-refractivity contribution >= 4 is 27.7 Å². The summed E-state index contributed by atoms with van der Waals surface area (Å²) in [4.78, 5) is 26.5. The fourth-order valence-corrected chi connectivity index (χ4v) is 3.29. The second-order valence-corrected chi connectivity index (χ2v) is 8.39. The number of non-ortho nitro benzene ring substituents is 1. The molecule has 1 aliphatic rings. The number of nitro groups is 1. The molecule has 0 saturated carbocycles. The lowest BCUT2D eigenvalue weighted by atomic mass is 10.2.